The van der Waals surface area contributed by atoms with Crippen LogP contribution in [0.5, 0.6) is 0 Å². The number of carbonyl (C=O) groups excluding carboxylic acids is 4. The number of esters is 4. The van der Waals surface area contributed by atoms with Crippen molar-refractivity contribution in [3.8, 4) is 0 Å². The lowest BCUT2D eigenvalue weighted by atomic mass is 9.48. The van der Waals surface area contributed by atoms with E-state index in [2.05, 4.69) is 0 Å². The molecule has 4 aliphatic rings. The third-order valence-corrected chi connectivity index (χ3v) is 6.08. The van der Waals surface area contributed by atoms with Crippen molar-refractivity contribution in [3.05, 3.63) is 24.3 Å². The maximum absolute atomic E-state index is 12.8. The molecule has 0 N–H and O–H groups in total. The monoisotopic (exact) mass is 330 g/mol. The number of rotatable bonds is 1. The summed E-state index contributed by atoms with van der Waals surface area (Å²) in [5.41, 5.74) is -2.98. The molecule has 6 heteroatoms. The summed E-state index contributed by atoms with van der Waals surface area (Å²) < 4.78 is 9.92. The SMILES string of the molecule is CC1C=CC2(C34C=CCC(C)C3C(=O)OC4=O)C(=O)OC(=O)C2C1. The fourth-order valence-corrected chi connectivity index (χ4v) is 4.98. The van der Waals surface area contributed by atoms with Gasteiger partial charge in [-0.2, -0.15) is 0 Å². The van der Waals surface area contributed by atoms with Gasteiger partial charge in [-0.1, -0.05) is 38.2 Å². The molecule has 0 bridgehead atoms. The number of cyclic esters (lactones) is 4. The molecule has 0 aromatic rings. The molecular formula is C18H18O6. The maximum atomic E-state index is 12.8. The van der Waals surface area contributed by atoms with E-state index >= 15 is 0 Å². The smallest absolute Gasteiger partial charge is 0.326 e. The fraction of sp³-hybridized carbons (Fsp3) is 0.556. The molecular weight excluding hydrogens is 312 g/mol. The van der Waals surface area contributed by atoms with E-state index in [1.807, 2.05) is 19.9 Å². The molecule has 6 nitrogen and oxygen atoms in total. The van der Waals surface area contributed by atoms with E-state index in [1.165, 1.54) is 0 Å². The van der Waals surface area contributed by atoms with Crippen molar-refractivity contribution in [1.29, 1.82) is 0 Å². The Labute approximate surface area is 138 Å². The van der Waals surface area contributed by atoms with Gasteiger partial charge in [0.05, 0.1) is 11.8 Å². The average Bonchev–Trinajstić information content (AvgIpc) is 2.93. The Balaban J connectivity index is 2.02. The molecule has 2 aliphatic carbocycles. The first-order valence-electron chi connectivity index (χ1n) is 8.24. The lowest BCUT2D eigenvalue weighted by Gasteiger charge is -2.46. The van der Waals surface area contributed by atoms with Gasteiger partial charge in [-0.15, -0.1) is 0 Å². The van der Waals surface area contributed by atoms with Crippen LogP contribution in [-0.4, -0.2) is 23.9 Å². The molecule has 6 unspecified atom stereocenters. The van der Waals surface area contributed by atoms with Crippen molar-refractivity contribution in [2.45, 2.75) is 26.7 Å². The van der Waals surface area contributed by atoms with Crippen LogP contribution in [-0.2, 0) is 28.7 Å². The Morgan fingerprint density at radius 2 is 1.62 bits per heavy atom. The molecule has 24 heavy (non-hydrogen) atoms. The summed E-state index contributed by atoms with van der Waals surface area (Å²) in [4.78, 5) is 50.3. The number of carbonyl (C=O) groups is 4. The van der Waals surface area contributed by atoms with Crippen molar-refractivity contribution in [2.24, 2.45) is 34.5 Å². The molecule has 6 atom stereocenters. The summed E-state index contributed by atoms with van der Waals surface area (Å²) in [7, 11) is 0. The van der Waals surface area contributed by atoms with Crippen LogP contribution in [0.4, 0.5) is 0 Å². The average molecular weight is 330 g/mol. The van der Waals surface area contributed by atoms with Crippen LogP contribution in [0.3, 0.4) is 0 Å². The summed E-state index contributed by atoms with van der Waals surface area (Å²) in [5, 5.41) is 0. The van der Waals surface area contributed by atoms with Crippen LogP contribution in [0.15, 0.2) is 24.3 Å². The lowest BCUT2D eigenvalue weighted by molar-refractivity contribution is -0.163. The highest BCUT2D eigenvalue weighted by atomic mass is 16.6. The molecule has 2 fully saturated rings. The largest absolute Gasteiger partial charge is 0.392 e. The fourth-order valence-electron chi connectivity index (χ4n) is 4.98. The first-order valence-corrected chi connectivity index (χ1v) is 8.24. The first kappa shape index (κ1) is 15.3. The van der Waals surface area contributed by atoms with E-state index in [0.29, 0.717) is 12.8 Å². The highest BCUT2D eigenvalue weighted by Crippen LogP contribution is 2.64. The second-order valence-electron chi connectivity index (χ2n) is 7.37. The standard InChI is InChI=1S/C18H18O6/c1-9-5-7-17(11(8-9)13(19)23-15(17)21)18-6-3-4-10(2)12(18)14(20)24-16(18)22/h3,5-7,9-12H,4,8H2,1-2H3. The zero-order chi connectivity index (χ0) is 17.3. The van der Waals surface area contributed by atoms with Gasteiger partial charge in [0.15, 0.2) is 0 Å². The van der Waals surface area contributed by atoms with Crippen LogP contribution >= 0.6 is 0 Å². The first-order chi connectivity index (χ1) is 11.3. The normalized spacial score (nSPS) is 46.6. The van der Waals surface area contributed by atoms with Gasteiger partial charge in [0, 0.05) is 0 Å². The molecule has 0 aromatic carbocycles. The Kier molecular flexibility index (Phi) is 2.96. The number of allylic oxidation sites excluding steroid dienone is 2. The Hall–Kier alpha value is -2.24. The molecule has 4 rings (SSSR count). The lowest BCUT2D eigenvalue weighted by Crippen LogP contribution is -2.57. The van der Waals surface area contributed by atoms with E-state index < -0.39 is 46.5 Å². The quantitative estimate of drug-likeness (QED) is 0.412. The maximum Gasteiger partial charge on any atom is 0.326 e. The molecule has 0 radical (unpaired) electrons. The van der Waals surface area contributed by atoms with E-state index in [1.54, 1.807) is 18.2 Å². The minimum atomic E-state index is -1.49. The molecule has 0 spiro atoms. The zero-order valence-corrected chi connectivity index (χ0v) is 13.5. The predicted molar refractivity (Wildman–Crippen MR) is 79.9 cm³/mol. The van der Waals surface area contributed by atoms with Gasteiger partial charge in [-0.3, -0.25) is 19.2 Å². The van der Waals surface area contributed by atoms with Gasteiger partial charge in [0.1, 0.15) is 10.8 Å². The van der Waals surface area contributed by atoms with Crippen molar-refractivity contribution in [2.75, 3.05) is 0 Å². The molecule has 2 heterocycles. The van der Waals surface area contributed by atoms with Crippen molar-refractivity contribution in [3.63, 3.8) is 0 Å². The van der Waals surface area contributed by atoms with E-state index in [-0.39, 0.29) is 11.8 Å². The number of hydrogen-bond acceptors (Lipinski definition) is 6. The van der Waals surface area contributed by atoms with Gasteiger partial charge < -0.3 is 9.47 Å². The number of ether oxygens (including phenoxy) is 2. The topological polar surface area (TPSA) is 86.7 Å². The molecule has 0 amide bonds. The van der Waals surface area contributed by atoms with Gasteiger partial charge in [0.2, 0.25) is 0 Å². The molecule has 2 saturated heterocycles. The molecule has 0 aromatic heterocycles. The highest BCUT2D eigenvalue weighted by Gasteiger charge is 2.77. The number of fused-ring (bicyclic) bond motifs is 3. The Morgan fingerprint density at radius 1 is 0.958 bits per heavy atom. The highest BCUT2D eigenvalue weighted by molar-refractivity contribution is 6.10. The minimum absolute atomic E-state index is 0.0783. The van der Waals surface area contributed by atoms with Gasteiger partial charge in [-0.05, 0) is 24.7 Å². The zero-order valence-electron chi connectivity index (χ0n) is 13.5. The van der Waals surface area contributed by atoms with Crippen molar-refractivity contribution >= 4 is 23.9 Å². The second-order valence-corrected chi connectivity index (χ2v) is 7.37. The summed E-state index contributed by atoms with van der Waals surface area (Å²) in [6.07, 6.45) is 7.87. The minimum Gasteiger partial charge on any atom is -0.392 e. The Morgan fingerprint density at radius 3 is 2.38 bits per heavy atom. The van der Waals surface area contributed by atoms with Crippen LogP contribution in [0, 0.1) is 34.5 Å². The molecule has 0 saturated carbocycles. The van der Waals surface area contributed by atoms with Crippen LogP contribution in [0.25, 0.3) is 0 Å². The van der Waals surface area contributed by atoms with Crippen molar-refractivity contribution in [1.82, 2.24) is 0 Å². The summed E-state index contributed by atoms with van der Waals surface area (Å²) in [6, 6.07) is 0. The van der Waals surface area contributed by atoms with E-state index in [9.17, 15) is 19.2 Å². The van der Waals surface area contributed by atoms with Gasteiger partial charge in [0.25, 0.3) is 0 Å². The Bertz CT molecular complexity index is 734. The third kappa shape index (κ3) is 1.51. The van der Waals surface area contributed by atoms with Crippen molar-refractivity contribution < 1.29 is 28.7 Å². The predicted octanol–water partition coefficient (Wildman–Crippen LogP) is 1.55. The summed E-state index contributed by atoms with van der Waals surface area (Å²) in [6.45, 7) is 3.79. The summed E-state index contributed by atoms with van der Waals surface area (Å²) in [5.74, 6) is -4.40. The third-order valence-electron chi connectivity index (χ3n) is 6.08. The molecule has 126 valence electrons. The van der Waals surface area contributed by atoms with Gasteiger partial charge in [-0.25, -0.2) is 0 Å². The molecule has 2 aliphatic heterocycles. The van der Waals surface area contributed by atoms with E-state index in [0.717, 1.165) is 0 Å². The second kappa shape index (κ2) is 4.65. The van der Waals surface area contributed by atoms with Gasteiger partial charge >= 0.3 is 23.9 Å². The van der Waals surface area contributed by atoms with Crippen LogP contribution in [0.1, 0.15) is 26.7 Å². The van der Waals surface area contributed by atoms with Crippen LogP contribution < -0.4 is 0 Å². The van der Waals surface area contributed by atoms with Crippen LogP contribution in [0.2, 0.25) is 0 Å². The van der Waals surface area contributed by atoms with E-state index in [4.69, 9.17) is 9.47 Å². The number of hydrogen-bond donors (Lipinski definition) is 0. The summed E-state index contributed by atoms with van der Waals surface area (Å²) >= 11 is 0.